The van der Waals surface area contributed by atoms with Gasteiger partial charge in [0.05, 0.1) is 6.54 Å². The van der Waals surface area contributed by atoms with Gasteiger partial charge in [0.1, 0.15) is 5.82 Å². The molecular weight excluding hydrogens is 242 g/mol. The first-order chi connectivity index (χ1) is 9.25. The third-order valence-electron chi connectivity index (χ3n) is 4.39. The van der Waals surface area contributed by atoms with Gasteiger partial charge in [-0.05, 0) is 32.9 Å². The predicted octanol–water partition coefficient (Wildman–Crippen LogP) is 0.0224. The number of fused-ring (bicyclic) bond motifs is 1. The third-order valence-corrected chi connectivity index (χ3v) is 4.39. The zero-order chi connectivity index (χ0) is 13.2. The lowest BCUT2D eigenvalue weighted by molar-refractivity contribution is 0.169. The van der Waals surface area contributed by atoms with Crippen molar-refractivity contribution in [2.45, 2.75) is 51.4 Å². The van der Waals surface area contributed by atoms with Gasteiger partial charge >= 0.3 is 5.69 Å². The molecule has 0 spiro atoms. The van der Waals surface area contributed by atoms with E-state index in [2.05, 4.69) is 22.4 Å². The van der Waals surface area contributed by atoms with Crippen molar-refractivity contribution >= 4 is 0 Å². The summed E-state index contributed by atoms with van der Waals surface area (Å²) in [6.45, 7) is 4.25. The molecule has 1 aromatic heterocycles. The molecule has 106 valence electrons. The van der Waals surface area contributed by atoms with Gasteiger partial charge < -0.3 is 10.2 Å². The van der Waals surface area contributed by atoms with Crippen LogP contribution in [0.1, 0.15) is 31.5 Å². The summed E-state index contributed by atoms with van der Waals surface area (Å²) in [5, 5.41) is 7.70. The van der Waals surface area contributed by atoms with Crippen LogP contribution < -0.4 is 11.0 Å². The Morgan fingerprint density at radius 3 is 3.05 bits per heavy atom. The SMILES string of the molecule is CN1CCCCC1CCn1nc2n(c1=O)CCNC2. The number of nitrogens with one attached hydrogen (secondary N) is 1. The molecule has 1 aromatic rings. The third kappa shape index (κ3) is 2.60. The van der Waals surface area contributed by atoms with Crippen LogP contribution in [0.3, 0.4) is 0 Å². The average molecular weight is 265 g/mol. The van der Waals surface area contributed by atoms with Crippen molar-refractivity contribution in [2.24, 2.45) is 0 Å². The van der Waals surface area contributed by atoms with Crippen LogP contribution in [-0.4, -0.2) is 45.4 Å². The molecule has 1 saturated heterocycles. The highest BCUT2D eigenvalue weighted by Crippen LogP contribution is 2.17. The minimum Gasteiger partial charge on any atom is -0.308 e. The maximum absolute atomic E-state index is 12.2. The van der Waals surface area contributed by atoms with E-state index in [0.717, 1.165) is 31.9 Å². The molecule has 0 aromatic carbocycles. The van der Waals surface area contributed by atoms with E-state index in [1.165, 1.54) is 25.8 Å². The number of hydrogen-bond donors (Lipinski definition) is 1. The molecule has 1 fully saturated rings. The smallest absolute Gasteiger partial charge is 0.308 e. The van der Waals surface area contributed by atoms with Gasteiger partial charge in [-0.15, -0.1) is 0 Å². The summed E-state index contributed by atoms with van der Waals surface area (Å²) < 4.78 is 3.46. The Bertz CT molecular complexity index is 492. The van der Waals surface area contributed by atoms with Gasteiger partial charge in [0.15, 0.2) is 0 Å². The summed E-state index contributed by atoms with van der Waals surface area (Å²) in [5.74, 6) is 0.883. The Kier molecular flexibility index (Phi) is 3.70. The molecule has 0 radical (unpaired) electrons. The zero-order valence-electron chi connectivity index (χ0n) is 11.6. The standard InChI is InChI=1S/C13H23N5O/c1-16-7-3-2-4-11(16)5-8-18-13(19)17-9-6-14-10-12(17)15-18/h11,14H,2-10H2,1H3. The van der Waals surface area contributed by atoms with E-state index in [0.29, 0.717) is 12.6 Å². The monoisotopic (exact) mass is 265 g/mol. The van der Waals surface area contributed by atoms with E-state index in [1.54, 1.807) is 9.25 Å². The van der Waals surface area contributed by atoms with E-state index in [-0.39, 0.29) is 5.69 Å². The normalized spacial score (nSPS) is 24.4. The predicted molar refractivity (Wildman–Crippen MR) is 73.1 cm³/mol. The Morgan fingerprint density at radius 2 is 2.26 bits per heavy atom. The van der Waals surface area contributed by atoms with E-state index in [4.69, 9.17) is 0 Å². The fourth-order valence-corrected chi connectivity index (χ4v) is 3.16. The van der Waals surface area contributed by atoms with Crippen LogP contribution in [0.4, 0.5) is 0 Å². The Labute approximate surface area is 113 Å². The number of aromatic nitrogens is 3. The van der Waals surface area contributed by atoms with Crippen molar-refractivity contribution < 1.29 is 0 Å². The van der Waals surface area contributed by atoms with Gasteiger partial charge in [-0.2, -0.15) is 5.10 Å². The van der Waals surface area contributed by atoms with Crippen molar-refractivity contribution in [3.63, 3.8) is 0 Å². The maximum atomic E-state index is 12.2. The van der Waals surface area contributed by atoms with E-state index in [9.17, 15) is 4.79 Å². The fraction of sp³-hybridized carbons (Fsp3) is 0.846. The summed E-state index contributed by atoms with van der Waals surface area (Å²) in [5.41, 5.74) is 0.0648. The minimum atomic E-state index is 0.0648. The largest absolute Gasteiger partial charge is 0.345 e. The Hall–Kier alpha value is -1.14. The topological polar surface area (TPSA) is 55.1 Å². The summed E-state index contributed by atoms with van der Waals surface area (Å²) in [4.78, 5) is 14.6. The van der Waals surface area contributed by atoms with Crippen molar-refractivity contribution in [1.82, 2.24) is 24.6 Å². The van der Waals surface area contributed by atoms with Crippen LogP contribution in [0, 0.1) is 0 Å². The Balaban J connectivity index is 1.67. The second-order valence-corrected chi connectivity index (χ2v) is 5.67. The first-order valence-corrected chi connectivity index (χ1v) is 7.33. The number of likely N-dealkylation sites (tertiary alicyclic amines) is 1. The minimum absolute atomic E-state index is 0.0648. The van der Waals surface area contributed by atoms with Crippen LogP contribution in [0.5, 0.6) is 0 Å². The number of rotatable bonds is 3. The zero-order valence-corrected chi connectivity index (χ0v) is 11.6. The highest BCUT2D eigenvalue weighted by atomic mass is 16.2. The average Bonchev–Trinajstić information content (AvgIpc) is 2.75. The van der Waals surface area contributed by atoms with Crippen LogP contribution in [-0.2, 0) is 19.6 Å². The van der Waals surface area contributed by atoms with Crippen molar-refractivity contribution in [3.8, 4) is 0 Å². The van der Waals surface area contributed by atoms with Crippen LogP contribution in [0.25, 0.3) is 0 Å². The quantitative estimate of drug-likeness (QED) is 0.837. The second kappa shape index (κ2) is 5.46. The number of hydrogen-bond acceptors (Lipinski definition) is 4. The van der Waals surface area contributed by atoms with Crippen molar-refractivity contribution in [3.05, 3.63) is 16.3 Å². The van der Waals surface area contributed by atoms with Gasteiger partial charge in [-0.3, -0.25) is 4.57 Å². The van der Waals surface area contributed by atoms with Gasteiger partial charge in [-0.1, -0.05) is 6.42 Å². The highest BCUT2D eigenvalue weighted by molar-refractivity contribution is 4.91. The first-order valence-electron chi connectivity index (χ1n) is 7.33. The fourth-order valence-electron chi connectivity index (χ4n) is 3.16. The lowest BCUT2D eigenvalue weighted by Gasteiger charge is -2.32. The molecule has 6 nitrogen and oxygen atoms in total. The van der Waals surface area contributed by atoms with E-state index < -0.39 is 0 Å². The van der Waals surface area contributed by atoms with Crippen molar-refractivity contribution in [2.75, 3.05) is 20.1 Å². The summed E-state index contributed by atoms with van der Waals surface area (Å²) in [6.07, 6.45) is 4.89. The second-order valence-electron chi connectivity index (χ2n) is 5.67. The van der Waals surface area contributed by atoms with E-state index >= 15 is 0 Å². The van der Waals surface area contributed by atoms with Crippen LogP contribution in [0.15, 0.2) is 4.79 Å². The maximum Gasteiger partial charge on any atom is 0.345 e. The number of nitrogens with zero attached hydrogens (tertiary/aromatic N) is 4. The van der Waals surface area contributed by atoms with Crippen LogP contribution >= 0.6 is 0 Å². The van der Waals surface area contributed by atoms with Gasteiger partial charge in [-0.25, -0.2) is 9.48 Å². The lowest BCUT2D eigenvalue weighted by atomic mass is 10.0. The molecule has 3 rings (SSSR count). The van der Waals surface area contributed by atoms with Gasteiger partial charge in [0.25, 0.3) is 0 Å². The molecule has 2 aliphatic heterocycles. The van der Waals surface area contributed by atoms with Gasteiger partial charge in [0.2, 0.25) is 0 Å². The summed E-state index contributed by atoms with van der Waals surface area (Å²) >= 11 is 0. The number of aryl methyl sites for hydroxylation is 1. The molecular formula is C13H23N5O. The molecule has 1 unspecified atom stereocenters. The molecule has 0 bridgehead atoms. The molecule has 6 heteroatoms. The van der Waals surface area contributed by atoms with Crippen molar-refractivity contribution in [1.29, 1.82) is 0 Å². The lowest BCUT2D eigenvalue weighted by Crippen LogP contribution is -2.38. The number of piperidine rings is 1. The summed E-state index contributed by atoms with van der Waals surface area (Å²) in [6, 6.07) is 0.609. The highest BCUT2D eigenvalue weighted by Gasteiger charge is 2.20. The molecule has 1 N–H and O–H groups in total. The summed E-state index contributed by atoms with van der Waals surface area (Å²) in [7, 11) is 2.19. The van der Waals surface area contributed by atoms with E-state index in [1.807, 2.05) is 0 Å². The molecule has 2 aliphatic rings. The Morgan fingerprint density at radius 1 is 1.37 bits per heavy atom. The first kappa shape index (κ1) is 12.9. The molecule has 0 aliphatic carbocycles. The molecule has 0 amide bonds. The molecule has 3 heterocycles. The van der Waals surface area contributed by atoms with Gasteiger partial charge in [0, 0.05) is 25.7 Å². The molecule has 0 saturated carbocycles. The molecule has 1 atom stereocenters. The van der Waals surface area contributed by atoms with Crippen LogP contribution in [0.2, 0.25) is 0 Å². The molecule has 19 heavy (non-hydrogen) atoms.